The quantitative estimate of drug-likeness (QED) is 0.114. The lowest BCUT2D eigenvalue weighted by Gasteiger charge is -2.67. The van der Waals surface area contributed by atoms with Crippen molar-refractivity contribution >= 4 is 23.7 Å². The number of carbonyl (C=O) groups excluding carboxylic acids is 3. The zero-order valence-corrected chi connectivity index (χ0v) is 26.1. The molecule has 6 rings (SSSR count). The van der Waals surface area contributed by atoms with Gasteiger partial charge in [0.05, 0.1) is 25.2 Å². The Labute approximate surface area is 268 Å². The van der Waals surface area contributed by atoms with Crippen molar-refractivity contribution in [2.75, 3.05) is 13.2 Å². The molecular weight excluding hydrogens is 628 g/mol. The van der Waals surface area contributed by atoms with Crippen LogP contribution in [0.25, 0.3) is 0 Å². The molecule has 0 aromatic rings. The molecule has 7 N–H and O–H groups in total. The first kappa shape index (κ1) is 33.9. The number of hydrogen-bond acceptors (Lipinski definition) is 15. The van der Waals surface area contributed by atoms with E-state index in [0.29, 0.717) is 5.57 Å². The smallest absolute Gasteiger partial charge is 0.348 e. The molecule has 47 heavy (non-hydrogen) atoms. The summed E-state index contributed by atoms with van der Waals surface area (Å²) in [6, 6.07) is 0. The van der Waals surface area contributed by atoms with E-state index in [0.717, 1.165) is 6.08 Å². The molecule has 6 aliphatic rings. The molecule has 16 unspecified atom stereocenters. The molecule has 0 aromatic carbocycles. The number of carboxylic acids is 1. The topological polar surface area (TPSA) is 256 Å². The molecule has 1 spiro atoms. The highest BCUT2D eigenvalue weighted by Crippen LogP contribution is 2.72. The number of esters is 2. The molecule has 0 radical (unpaired) electrons. The van der Waals surface area contributed by atoms with Crippen LogP contribution < -0.4 is 0 Å². The van der Waals surface area contributed by atoms with Crippen LogP contribution in [0.2, 0.25) is 0 Å². The summed E-state index contributed by atoms with van der Waals surface area (Å²) < 4.78 is 28.6. The summed E-state index contributed by atoms with van der Waals surface area (Å²) in [5.41, 5.74) is -4.90. The summed E-state index contributed by atoms with van der Waals surface area (Å²) in [6.45, 7) is 5.32. The average molecular weight is 669 g/mol. The van der Waals surface area contributed by atoms with Gasteiger partial charge in [0.2, 0.25) is 18.0 Å². The van der Waals surface area contributed by atoms with Gasteiger partial charge in [0.15, 0.2) is 11.5 Å². The van der Waals surface area contributed by atoms with Gasteiger partial charge in [-0.25, -0.2) is 14.4 Å². The first-order chi connectivity index (χ1) is 22.0. The minimum atomic E-state index is -2.57. The third-order valence-corrected chi connectivity index (χ3v) is 11.4. The number of fused-ring (bicyclic) bond motifs is 2. The van der Waals surface area contributed by atoms with E-state index in [2.05, 4.69) is 0 Å². The van der Waals surface area contributed by atoms with Crippen LogP contribution in [0.3, 0.4) is 0 Å². The average Bonchev–Trinajstić information content (AvgIpc) is 3.31. The summed E-state index contributed by atoms with van der Waals surface area (Å²) in [6.07, 6.45) is -12.7. The van der Waals surface area contributed by atoms with E-state index >= 15 is 0 Å². The van der Waals surface area contributed by atoms with Crippen LogP contribution in [-0.4, -0.2) is 133 Å². The molecule has 5 fully saturated rings. The van der Waals surface area contributed by atoms with Gasteiger partial charge in [-0.05, 0) is 37.7 Å². The maximum absolute atomic E-state index is 13.7. The predicted octanol–water partition coefficient (Wildman–Crippen LogP) is -2.46. The number of ether oxygens (including phenoxy) is 5. The highest BCUT2D eigenvalue weighted by molar-refractivity contribution is 5.97. The summed E-state index contributed by atoms with van der Waals surface area (Å²) in [4.78, 5) is 53.0. The van der Waals surface area contributed by atoms with Crippen LogP contribution >= 0.6 is 0 Å². The van der Waals surface area contributed by atoms with Gasteiger partial charge in [0.1, 0.15) is 36.6 Å². The van der Waals surface area contributed by atoms with Crippen LogP contribution in [0.5, 0.6) is 0 Å². The van der Waals surface area contributed by atoms with Crippen molar-refractivity contribution in [2.45, 2.75) is 94.8 Å². The van der Waals surface area contributed by atoms with Gasteiger partial charge < -0.3 is 59.4 Å². The zero-order chi connectivity index (χ0) is 34.5. The number of allylic oxidation sites excluding steroid dienone is 3. The molecule has 2 saturated carbocycles. The summed E-state index contributed by atoms with van der Waals surface area (Å²) in [7, 11) is 0. The molecule has 3 aliphatic heterocycles. The molecule has 16 nitrogen and oxygen atoms in total. The van der Waals surface area contributed by atoms with Crippen LogP contribution in [0.4, 0.5) is 0 Å². The molecule has 16 heteroatoms. The van der Waals surface area contributed by atoms with Crippen molar-refractivity contribution in [1.29, 1.82) is 0 Å². The van der Waals surface area contributed by atoms with E-state index in [1.165, 1.54) is 6.08 Å². The summed E-state index contributed by atoms with van der Waals surface area (Å²) >= 11 is 0. The largest absolute Gasteiger partial charge is 0.479 e. The first-order valence-corrected chi connectivity index (χ1v) is 15.5. The number of ketones is 1. The highest BCUT2D eigenvalue weighted by atomic mass is 16.7. The van der Waals surface area contributed by atoms with Gasteiger partial charge in [-0.2, -0.15) is 0 Å². The van der Waals surface area contributed by atoms with E-state index in [4.69, 9.17) is 23.7 Å². The predicted molar refractivity (Wildman–Crippen MR) is 150 cm³/mol. The summed E-state index contributed by atoms with van der Waals surface area (Å²) in [5.74, 6) is -8.84. The van der Waals surface area contributed by atoms with Crippen molar-refractivity contribution in [3.05, 3.63) is 23.5 Å². The Bertz CT molecular complexity index is 1420. The Morgan fingerprint density at radius 1 is 1.04 bits per heavy atom. The maximum atomic E-state index is 13.7. The molecular formula is C31H40O16. The van der Waals surface area contributed by atoms with Crippen molar-refractivity contribution in [3.8, 4) is 0 Å². The van der Waals surface area contributed by atoms with Crippen molar-refractivity contribution in [3.63, 3.8) is 0 Å². The number of Topliss-reactive ketones (excluding diaryl/α,β-unsaturated/α-hetero) is 1. The van der Waals surface area contributed by atoms with Gasteiger partial charge in [0, 0.05) is 23.3 Å². The number of hydrogen-bond donors (Lipinski definition) is 7. The molecule has 3 saturated heterocycles. The molecule has 260 valence electrons. The van der Waals surface area contributed by atoms with Crippen LogP contribution in [0, 0.1) is 34.5 Å². The van der Waals surface area contributed by atoms with Gasteiger partial charge in [-0.3, -0.25) is 4.79 Å². The van der Waals surface area contributed by atoms with E-state index in [1.54, 1.807) is 27.7 Å². The van der Waals surface area contributed by atoms with E-state index in [9.17, 15) is 54.9 Å². The lowest BCUT2D eigenvalue weighted by molar-refractivity contribution is -0.296. The van der Waals surface area contributed by atoms with Crippen LogP contribution in [-0.2, 0) is 42.9 Å². The monoisotopic (exact) mass is 668 g/mol. The molecule has 16 atom stereocenters. The molecule has 3 heterocycles. The number of carboxylic acid groups (broad SMARTS) is 1. The fourth-order valence-electron chi connectivity index (χ4n) is 9.43. The Morgan fingerprint density at radius 3 is 2.34 bits per heavy atom. The summed E-state index contributed by atoms with van der Waals surface area (Å²) in [5, 5.41) is 74.6. The minimum absolute atomic E-state index is 0.00247. The number of aliphatic hydroxyl groups is 6. The molecule has 0 aromatic heterocycles. The van der Waals surface area contributed by atoms with Gasteiger partial charge in [-0.15, -0.1) is 0 Å². The van der Waals surface area contributed by atoms with Crippen LogP contribution in [0.15, 0.2) is 23.5 Å². The fourth-order valence-corrected chi connectivity index (χ4v) is 9.43. The third-order valence-electron chi connectivity index (χ3n) is 11.4. The second-order valence-electron chi connectivity index (χ2n) is 14.1. The lowest BCUT2D eigenvalue weighted by atomic mass is 9.38. The molecule has 2 bridgehead atoms. The Kier molecular flexibility index (Phi) is 8.16. The number of aliphatic carboxylic acids is 1. The van der Waals surface area contributed by atoms with Crippen molar-refractivity contribution in [2.24, 2.45) is 34.5 Å². The molecule has 0 amide bonds. The SMILES string of the molecule is CC(C)=CC(=O)OC1C(=O)OC2CC3C(C)C(=O)C(OC4OC(CO)C(O)C(O)C4O)=CC3(C)C3C(O)C(O)C4(C(=O)O)OCC23C14. The van der Waals surface area contributed by atoms with Crippen molar-refractivity contribution < 1.29 is 78.6 Å². The second-order valence-corrected chi connectivity index (χ2v) is 14.1. The van der Waals surface area contributed by atoms with Crippen LogP contribution in [0.1, 0.15) is 34.1 Å². The van der Waals surface area contributed by atoms with E-state index in [-0.39, 0.29) is 12.2 Å². The van der Waals surface area contributed by atoms with E-state index < -0.39 is 132 Å². The number of aliphatic hydroxyl groups excluding tert-OH is 6. The number of rotatable bonds is 6. The first-order valence-electron chi connectivity index (χ1n) is 15.5. The minimum Gasteiger partial charge on any atom is -0.479 e. The van der Waals surface area contributed by atoms with Gasteiger partial charge in [-0.1, -0.05) is 19.4 Å². The standard InChI is InChI=1S/C31H40O16/c1-10(2)5-16(33)47-22-24-30-9-43-31(24,28(41)42)25(39)21(38)23(30)29(4)7-13(17(34)11(3)12(29)6-15(30)46-26(22)40)44-27-20(37)19(36)18(35)14(8-32)45-27/h5,7,11-12,14-15,18-25,27,32,35-39H,6,8-9H2,1-4H3,(H,41,42). The lowest BCUT2D eigenvalue weighted by Crippen LogP contribution is -2.79. The van der Waals surface area contributed by atoms with Crippen molar-refractivity contribution in [1.82, 2.24) is 0 Å². The number of carbonyl (C=O) groups is 4. The van der Waals surface area contributed by atoms with Gasteiger partial charge in [0.25, 0.3) is 0 Å². The normalized spacial score (nSPS) is 49.9. The Balaban J connectivity index is 1.47. The highest BCUT2D eigenvalue weighted by Gasteiger charge is 2.85. The fraction of sp³-hybridized carbons (Fsp3) is 0.742. The van der Waals surface area contributed by atoms with E-state index in [1.807, 2.05) is 0 Å². The Hall–Kier alpha value is -2.96. The zero-order valence-electron chi connectivity index (χ0n) is 26.1. The maximum Gasteiger partial charge on any atom is 0.348 e. The third kappa shape index (κ3) is 4.49. The van der Waals surface area contributed by atoms with Gasteiger partial charge >= 0.3 is 17.9 Å². The molecule has 3 aliphatic carbocycles. The second kappa shape index (κ2) is 11.3. The Morgan fingerprint density at radius 2 is 1.72 bits per heavy atom.